The van der Waals surface area contributed by atoms with Crippen molar-refractivity contribution in [1.82, 2.24) is 15.0 Å². The molecule has 8 rings (SSSR count). The number of nitrogens with two attached hydrogens (primary N) is 1. The van der Waals surface area contributed by atoms with Crippen molar-refractivity contribution in [3.05, 3.63) is 197 Å². The standard InChI is InChI=1S/C51H47N7O/c1-32(2)38-25-40(29-42(27-38)50-54-44(34-17-9-5-10-18-34)31-45(55-50)35-19-11-6-12-20-35)46(52)59-47(53)41-26-39(33(3)4)28-43(30-41)51-57-48(36-21-13-7-14-22-36)56-49(58-51)37-23-15-8-16-24-37/h5-30,32-33,44,46,53H,31,52H2,1-4H3. The molecule has 2 atom stereocenters. The molecule has 1 aromatic heterocycles. The molecule has 2 unspecified atom stereocenters. The Morgan fingerprint density at radius 3 is 1.59 bits per heavy atom. The van der Waals surface area contributed by atoms with Crippen LogP contribution in [-0.2, 0) is 4.74 Å². The van der Waals surface area contributed by atoms with E-state index in [1.807, 2.05) is 103 Å². The van der Waals surface area contributed by atoms with Gasteiger partial charge in [-0.1, -0.05) is 155 Å². The topological polar surface area (TPSA) is 122 Å². The maximum Gasteiger partial charge on any atom is 0.215 e. The van der Waals surface area contributed by atoms with Crippen LogP contribution >= 0.6 is 0 Å². The second kappa shape index (κ2) is 17.3. The van der Waals surface area contributed by atoms with E-state index < -0.39 is 6.23 Å². The molecule has 0 spiro atoms. The monoisotopic (exact) mass is 773 g/mol. The highest BCUT2D eigenvalue weighted by molar-refractivity contribution is 6.14. The summed E-state index contributed by atoms with van der Waals surface area (Å²) >= 11 is 0. The van der Waals surface area contributed by atoms with E-state index in [-0.39, 0.29) is 23.8 Å². The molecule has 1 aliphatic rings. The first-order valence-electron chi connectivity index (χ1n) is 20.1. The highest BCUT2D eigenvalue weighted by Crippen LogP contribution is 2.32. The number of hydrogen-bond acceptors (Lipinski definition) is 8. The zero-order chi connectivity index (χ0) is 40.9. The average Bonchev–Trinajstić information content (AvgIpc) is 3.29. The van der Waals surface area contributed by atoms with E-state index in [1.54, 1.807) is 0 Å². The van der Waals surface area contributed by atoms with Gasteiger partial charge in [0.2, 0.25) is 5.90 Å². The lowest BCUT2D eigenvalue weighted by atomic mass is 9.94. The van der Waals surface area contributed by atoms with Crippen LogP contribution in [0.1, 0.15) is 97.2 Å². The SMILES string of the molecule is CC(C)c1cc(C(=N)OC(N)c2cc(C3=NC(c4ccccc4)CC(c4ccccc4)=N3)cc(C(C)C)c2)cc(-c2nc(-c3ccccc3)nc(-c3ccccc3)n2)c1. The molecule has 2 heterocycles. The summed E-state index contributed by atoms with van der Waals surface area (Å²) in [6, 6.07) is 52.5. The Morgan fingerprint density at radius 2 is 1.03 bits per heavy atom. The predicted molar refractivity (Wildman–Crippen MR) is 239 cm³/mol. The van der Waals surface area contributed by atoms with Crippen molar-refractivity contribution in [2.75, 3.05) is 0 Å². The summed E-state index contributed by atoms with van der Waals surface area (Å²) in [5.41, 5.74) is 16.8. The van der Waals surface area contributed by atoms with Crippen LogP contribution in [0.3, 0.4) is 0 Å². The molecule has 0 bridgehead atoms. The number of benzene rings is 6. The average molecular weight is 774 g/mol. The number of nitrogens with zero attached hydrogens (tertiary/aromatic N) is 5. The summed E-state index contributed by atoms with van der Waals surface area (Å²) in [4.78, 5) is 25.1. The van der Waals surface area contributed by atoms with Gasteiger partial charge in [0.05, 0.1) is 11.8 Å². The molecule has 8 nitrogen and oxygen atoms in total. The van der Waals surface area contributed by atoms with E-state index in [0.29, 0.717) is 35.3 Å². The van der Waals surface area contributed by atoms with Crippen LogP contribution in [-0.4, -0.2) is 32.4 Å². The molecular weight excluding hydrogens is 727 g/mol. The molecule has 7 aromatic rings. The third kappa shape index (κ3) is 8.98. The van der Waals surface area contributed by atoms with Crippen LogP contribution < -0.4 is 5.73 Å². The van der Waals surface area contributed by atoms with Crippen molar-refractivity contribution < 1.29 is 4.74 Å². The van der Waals surface area contributed by atoms with Gasteiger partial charge < -0.3 is 4.74 Å². The molecule has 0 saturated carbocycles. The number of hydrogen-bond donors (Lipinski definition) is 2. The van der Waals surface area contributed by atoms with Gasteiger partial charge in [-0.15, -0.1) is 0 Å². The Kier molecular flexibility index (Phi) is 11.4. The summed E-state index contributed by atoms with van der Waals surface area (Å²) in [6.07, 6.45) is -0.249. The normalized spacial score (nSPS) is 14.5. The van der Waals surface area contributed by atoms with Crippen molar-refractivity contribution in [2.24, 2.45) is 15.7 Å². The largest absolute Gasteiger partial charge is 0.454 e. The lowest BCUT2D eigenvalue weighted by molar-refractivity contribution is 0.199. The predicted octanol–water partition coefficient (Wildman–Crippen LogP) is 11.5. The smallest absolute Gasteiger partial charge is 0.215 e. The van der Waals surface area contributed by atoms with E-state index in [0.717, 1.165) is 55.8 Å². The Morgan fingerprint density at radius 1 is 0.559 bits per heavy atom. The molecule has 3 N–H and O–H groups in total. The highest BCUT2D eigenvalue weighted by Gasteiger charge is 2.24. The first kappa shape index (κ1) is 38.9. The molecule has 292 valence electrons. The zero-order valence-corrected chi connectivity index (χ0v) is 33.7. The van der Waals surface area contributed by atoms with Gasteiger partial charge in [0.1, 0.15) is 0 Å². The minimum Gasteiger partial charge on any atom is -0.454 e. The molecule has 0 radical (unpaired) electrons. The maximum atomic E-state index is 9.29. The first-order chi connectivity index (χ1) is 28.7. The van der Waals surface area contributed by atoms with Crippen molar-refractivity contribution >= 4 is 17.4 Å². The summed E-state index contributed by atoms with van der Waals surface area (Å²) in [5.74, 6) is 2.58. The highest BCUT2D eigenvalue weighted by atomic mass is 16.5. The number of aliphatic imine (C=N–C) groups is 2. The third-order valence-corrected chi connectivity index (χ3v) is 10.5. The molecule has 0 amide bonds. The van der Waals surface area contributed by atoms with E-state index in [2.05, 4.69) is 82.3 Å². The number of aromatic nitrogens is 3. The molecule has 0 fully saturated rings. The Bertz CT molecular complexity index is 2580. The van der Waals surface area contributed by atoms with Crippen molar-refractivity contribution in [2.45, 2.75) is 58.2 Å². The summed E-state index contributed by atoms with van der Waals surface area (Å²) < 4.78 is 6.32. The second-order valence-electron chi connectivity index (χ2n) is 15.5. The van der Waals surface area contributed by atoms with Gasteiger partial charge >= 0.3 is 0 Å². The Hall–Kier alpha value is -6.90. The Balaban J connectivity index is 1.15. The molecule has 0 aliphatic carbocycles. The van der Waals surface area contributed by atoms with Crippen LogP contribution in [0.4, 0.5) is 0 Å². The lowest BCUT2D eigenvalue weighted by Crippen LogP contribution is -2.21. The molecule has 1 aliphatic heterocycles. The van der Waals surface area contributed by atoms with Crippen LogP contribution in [0.25, 0.3) is 34.2 Å². The minimum absolute atomic E-state index is 0.0538. The molecule has 59 heavy (non-hydrogen) atoms. The molecule has 0 saturated heterocycles. The third-order valence-electron chi connectivity index (χ3n) is 10.5. The summed E-state index contributed by atoms with van der Waals surface area (Å²) in [7, 11) is 0. The zero-order valence-electron chi connectivity index (χ0n) is 33.7. The van der Waals surface area contributed by atoms with Gasteiger partial charge in [-0.25, -0.2) is 19.9 Å². The number of rotatable bonds is 11. The Labute approximate surface area is 346 Å². The fourth-order valence-corrected chi connectivity index (χ4v) is 7.15. The van der Waals surface area contributed by atoms with Gasteiger partial charge in [0.15, 0.2) is 29.5 Å². The van der Waals surface area contributed by atoms with E-state index in [1.165, 1.54) is 0 Å². The van der Waals surface area contributed by atoms with E-state index >= 15 is 0 Å². The maximum absolute atomic E-state index is 9.29. The quantitative estimate of drug-likeness (QED) is 0.0770. The van der Waals surface area contributed by atoms with Crippen LogP contribution in [0.15, 0.2) is 168 Å². The number of amidine groups is 1. The molecule has 6 aromatic carbocycles. The van der Waals surface area contributed by atoms with Gasteiger partial charge in [-0.05, 0) is 64.4 Å². The van der Waals surface area contributed by atoms with Gasteiger partial charge in [-0.3, -0.25) is 16.1 Å². The van der Waals surface area contributed by atoms with Crippen molar-refractivity contribution in [3.63, 3.8) is 0 Å². The lowest BCUT2D eigenvalue weighted by Gasteiger charge is -2.23. The number of nitrogens with one attached hydrogen (secondary N) is 1. The van der Waals surface area contributed by atoms with Crippen molar-refractivity contribution in [1.29, 1.82) is 5.41 Å². The molecular formula is C51H47N7O. The summed E-state index contributed by atoms with van der Waals surface area (Å²) in [5, 5.41) is 9.29. The van der Waals surface area contributed by atoms with E-state index in [9.17, 15) is 5.41 Å². The first-order valence-corrected chi connectivity index (χ1v) is 20.1. The van der Waals surface area contributed by atoms with Crippen LogP contribution in [0.2, 0.25) is 0 Å². The summed E-state index contributed by atoms with van der Waals surface area (Å²) in [6.45, 7) is 8.55. The second-order valence-corrected chi connectivity index (χ2v) is 15.5. The number of ether oxygens (including phenoxy) is 1. The minimum atomic E-state index is -0.940. The van der Waals surface area contributed by atoms with Gasteiger partial charge in [0, 0.05) is 39.8 Å². The molecule has 8 heteroatoms. The fraction of sp³-hybridized carbons (Fsp3) is 0.176. The van der Waals surface area contributed by atoms with E-state index in [4.69, 9.17) is 35.4 Å². The van der Waals surface area contributed by atoms with Crippen molar-refractivity contribution in [3.8, 4) is 34.2 Å². The van der Waals surface area contributed by atoms with Gasteiger partial charge in [-0.2, -0.15) is 0 Å². The van der Waals surface area contributed by atoms with Crippen LogP contribution in [0.5, 0.6) is 0 Å². The fourth-order valence-electron chi connectivity index (χ4n) is 7.15. The van der Waals surface area contributed by atoms with Gasteiger partial charge in [0.25, 0.3) is 0 Å². The van der Waals surface area contributed by atoms with Crippen LogP contribution in [0, 0.1) is 5.41 Å².